The molecule has 0 aromatic carbocycles. The highest BCUT2D eigenvalue weighted by Gasteiger charge is 2.33. The maximum Gasteiger partial charge on any atom is 0.373 e. The first-order valence-electron chi connectivity index (χ1n) is 2.18. The monoisotopic (exact) mass is 228 g/mol. The topological polar surface area (TPSA) is 9.23 Å². The van der Waals surface area contributed by atoms with Crippen LogP contribution in [0.1, 0.15) is 0 Å². The third kappa shape index (κ3) is 5.81. The summed E-state index contributed by atoms with van der Waals surface area (Å²) in [6, 6.07) is 0. The average Bonchev–Trinajstić information content (AvgIpc) is 1.60. The van der Waals surface area contributed by atoms with Gasteiger partial charge in [-0.2, -0.15) is 8.78 Å². The fourth-order valence-corrected chi connectivity index (χ4v) is 1.57. The molecule has 0 fully saturated rings. The van der Waals surface area contributed by atoms with Crippen molar-refractivity contribution < 1.29 is 13.3 Å². The predicted molar refractivity (Wildman–Crippen MR) is 42.8 cm³/mol. The van der Waals surface area contributed by atoms with E-state index < -0.39 is 17.6 Å². The summed E-state index contributed by atoms with van der Waals surface area (Å²) in [6.45, 7) is 1.24. The number of hydrogen-bond donors (Lipinski definition) is 0. The van der Waals surface area contributed by atoms with Crippen LogP contribution < -0.4 is 0 Å². The van der Waals surface area contributed by atoms with Crippen LogP contribution in [0.4, 0.5) is 8.78 Å². The highest BCUT2D eigenvalue weighted by molar-refractivity contribution is 8.24. The Morgan fingerprint density at radius 1 is 1.70 bits per heavy atom. The standard InChI is InChI=1S/C3H5Cl2F2OPS/c1-9(5,10)8-3(6,7)2-4/h2H2,1H3. The van der Waals surface area contributed by atoms with Gasteiger partial charge in [0, 0.05) is 6.66 Å². The van der Waals surface area contributed by atoms with Gasteiger partial charge in [-0.1, -0.05) is 23.0 Å². The maximum atomic E-state index is 12.2. The van der Waals surface area contributed by atoms with Crippen molar-refractivity contribution in [1.82, 2.24) is 0 Å². The van der Waals surface area contributed by atoms with Crippen molar-refractivity contribution in [3.8, 4) is 0 Å². The van der Waals surface area contributed by atoms with E-state index in [0.29, 0.717) is 0 Å². The maximum absolute atomic E-state index is 12.2. The Morgan fingerprint density at radius 2 is 2.10 bits per heavy atom. The Balaban J connectivity index is 4.02. The Kier molecular flexibility index (Phi) is 4.02. The number of rotatable bonds is 3. The molecule has 0 spiro atoms. The molecule has 0 aromatic heterocycles. The molecule has 0 saturated heterocycles. The molecule has 1 nitrogen and oxygen atoms in total. The van der Waals surface area contributed by atoms with Gasteiger partial charge in [0.1, 0.15) is 5.88 Å². The number of hydrogen-bond acceptors (Lipinski definition) is 2. The van der Waals surface area contributed by atoms with Gasteiger partial charge in [0.25, 0.3) is 0 Å². The van der Waals surface area contributed by atoms with Crippen LogP contribution in [0, 0.1) is 0 Å². The van der Waals surface area contributed by atoms with E-state index in [2.05, 4.69) is 16.3 Å². The van der Waals surface area contributed by atoms with Gasteiger partial charge in [-0.3, -0.25) is 4.52 Å². The van der Waals surface area contributed by atoms with Crippen LogP contribution in [0.25, 0.3) is 0 Å². The van der Waals surface area contributed by atoms with Crippen LogP contribution in [-0.4, -0.2) is 18.7 Å². The van der Waals surface area contributed by atoms with E-state index in [1.165, 1.54) is 6.66 Å². The van der Waals surface area contributed by atoms with Gasteiger partial charge < -0.3 is 0 Å². The van der Waals surface area contributed by atoms with Crippen molar-refractivity contribution >= 4 is 40.3 Å². The van der Waals surface area contributed by atoms with Gasteiger partial charge in [0.05, 0.1) is 0 Å². The smallest absolute Gasteiger partial charge is 0.274 e. The third-order valence-electron chi connectivity index (χ3n) is 0.452. The van der Waals surface area contributed by atoms with Crippen LogP contribution in [0.15, 0.2) is 0 Å². The third-order valence-corrected chi connectivity index (χ3v) is 1.79. The zero-order valence-electron chi connectivity index (χ0n) is 4.98. The summed E-state index contributed by atoms with van der Waals surface area (Å²) in [5, 5.41) is 0. The normalized spacial score (nSPS) is 18.5. The van der Waals surface area contributed by atoms with Crippen LogP contribution >= 0.6 is 28.5 Å². The van der Waals surface area contributed by atoms with Gasteiger partial charge >= 0.3 is 6.11 Å². The zero-order chi connectivity index (χ0) is 8.41. The Hall–Kier alpha value is 1.05. The lowest BCUT2D eigenvalue weighted by molar-refractivity contribution is -0.148. The minimum Gasteiger partial charge on any atom is -0.274 e. The molecule has 62 valence electrons. The lowest BCUT2D eigenvalue weighted by atomic mass is 10.8. The SMILES string of the molecule is CP(=S)(Cl)OC(F)(F)CCl. The van der Waals surface area contributed by atoms with Gasteiger partial charge in [-0.15, -0.1) is 11.6 Å². The van der Waals surface area contributed by atoms with E-state index >= 15 is 0 Å². The summed E-state index contributed by atoms with van der Waals surface area (Å²) in [5.41, 5.74) is -2.83. The minimum atomic E-state index is -3.40. The van der Waals surface area contributed by atoms with Gasteiger partial charge in [-0.25, -0.2) is 0 Å². The van der Waals surface area contributed by atoms with Crippen molar-refractivity contribution in [3.63, 3.8) is 0 Å². The zero-order valence-corrected chi connectivity index (χ0v) is 8.21. The van der Waals surface area contributed by atoms with Gasteiger partial charge in [-0.05, 0) is 0 Å². The van der Waals surface area contributed by atoms with E-state index in [-0.39, 0.29) is 0 Å². The Labute approximate surface area is 72.5 Å². The van der Waals surface area contributed by atoms with E-state index in [4.69, 9.17) is 22.8 Å². The largest absolute Gasteiger partial charge is 0.373 e. The summed E-state index contributed by atoms with van der Waals surface area (Å²) in [5.74, 6) is -0.925. The lowest BCUT2D eigenvalue weighted by Gasteiger charge is -2.16. The second-order valence-electron chi connectivity index (χ2n) is 1.61. The van der Waals surface area contributed by atoms with Crippen LogP contribution in [0.3, 0.4) is 0 Å². The van der Waals surface area contributed by atoms with Crippen LogP contribution in [0.2, 0.25) is 0 Å². The molecule has 0 aliphatic carbocycles. The average molecular weight is 229 g/mol. The fourth-order valence-electron chi connectivity index (χ4n) is 0.263. The molecule has 7 heteroatoms. The van der Waals surface area contributed by atoms with Gasteiger partial charge in [0.2, 0.25) is 0 Å². The molecule has 0 saturated carbocycles. The Bertz CT molecular complexity index is 159. The molecular formula is C3H5Cl2F2OPS. The molecule has 0 heterocycles. The summed E-state index contributed by atoms with van der Waals surface area (Å²) in [4.78, 5) is 0. The fraction of sp³-hybridized carbons (Fsp3) is 1.00. The molecule has 0 N–H and O–H groups in total. The molecule has 0 aliphatic rings. The summed E-state index contributed by atoms with van der Waals surface area (Å²) < 4.78 is 28.3. The van der Waals surface area contributed by atoms with Crippen molar-refractivity contribution in [3.05, 3.63) is 0 Å². The number of halogens is 4. The molecule has 1 unspecified atom stereocenters. The molecule has 0 rings (SSSR count). The first-order chi connectivity index (χ1) is 4.27. The van der Waals surface area contributed by atoms with E-state index in [0.717, 1.165) is 0 Å². The molecule has 0 aromatic rings. The predicted octanol–water partition coefficient (Wildman–Crippen LogP) is 3.01. The molecule has 1 atom stereocenters. The second kappa shape index (κ2) is 3.63. The van der Waals surface area contributed by atoms with E-state index in [9.17, 15) is 8.78 Å². The van der Waals surface area contributed by atoms with Gasteiger partial charge in [0.15, 0.2) is 5.62 Å². The molecule has 0 radical (unpaired) electrons. The Morgan fingerprint density at radius 3 is 2.20 bits per heavy atom. The first-order valence-corrected chi connectivity index (χ1v) is 6.79. The first kappa shape index (κ1) is 11.1. The molecular weight excluding hydrogens is 224 g/mol. The summed E-state index contributed by atoms with van der Waals surface area (Å²) in [7, 11) is 0. The highest BCUT2D eigenvalue weighted by atomic mass is 35.7. The second-order valence-corrected chi connectivity index (χ2v) is 8.18. The lowest BCUT2D eigenvalue weighted by Crippen LogP contribution is -2.19. The summed E-state index contributed by atoms with van der Waals surface area (Å²) >= 11 is 14.5. The van der Waals surface area contributed by atoms with Crippen LogP contribution in [-0.2, 0) is 16.3 Å². The molecule has 0 amide bonds. The molecule has 0 aliphatic heterocycles. The van der Waals surface area contributed by atoms with E-state index in [1.54, 1.807) is 0 Å². The van der Waals surface area contributed by atoms with E-state index in [1.807, 2.05) is 0 Å². The highest BCUT2D eigenvalue weighted by Crippen LogP contribution is 2.52. The molecule has 10 heavy (non-hydrogen) atoms. The van der Waals surface area contributed by atoms with Crippen LogP contribution in [0.5, 0.6) is 0 Å². The quantitative estimate of drug-likeness (QED) is 0.543. The van der Waals surface area contributed by atoms with Crippen molar-refractivity contribution in [1.29, 1.82) is 0 Å². The number of alkyl halides is 3. The molecule has 0 bridgehead atoms. The minimum absolute atomic E-state index is 0.925. The van der Waals surface area contributed by atoms with Crippen molar-refractivity contribution in [2.24, 2.45) is 0 Å². The summed E-state index contributed by atoms with van der Waals surface area (Å²) in [6.07, 6.45) is -3.40. The van der Waals surface area contributed by atoms with Crippen molar-refractivity contribution in [2.75, 3.05) is 12.5 Å². The van der Waals surface area contributed by atoms with Crippen molar-refractivity contribution in [2.45, 2.75) is 6.11 Å².